The van der Waals surface area contributed by atoms with Crippen LogP contribution in [0.3, 0.4) is 0 Å². The lowest BCUT2D eigenvalue weighted by Gasteiger charge is -2.37. The largest absolute Gasteiger partial charge is 0.303 e. The summed E-state index contributed by atoms with van der Waals surface area (Å²) < 4.78 is 27.3. The van der Waals surface area contributed by atoms with E-state index < -0.39 is 10.0 Å². The van der Waals surface area contributed by atoms with Crippen molar-refractivity contribution in [1.82, 2.24) is 9.21 Å². The Balaban J connectivity index is 1.56. The molecule has 3 rings (SSSR count). The van der Waals surface area contributed by atoms with Crippen LogP contribution in [-0.2, 0) is 10.0 Å². The fourth-order valence-electron chi connectivity index (χ4n) is 4.07. The molecule has 24 heavy (non-hydrogen) atoms. The third kappa shape index (κ3) is 4.19. The summed E-state index contributed by atoms with van der Waals surface area (Å²) in [5, 5.41) is 0. The summed E-state index contributed by atoms with van der Waals surface area (Å²) in [5.41, 5.74) is 0.991. The van der Waals surface area contributed by atoms with Gasteiger partial charge in [-0.25, -0.2) is 8.42 Å². The van der Waals surface area contributed by atoms with E-state index in [0.717, 1.165) is 30.9 Å². The Kier molecular flexibility index (Phi) is 5.63. The quantitative estimate of drug-likeness (QED) is 0.838. The first-order chi connectivity index (χ1) is 11.4. The average molecular weight is 351 g/mol. The second kappa shape index (κ2) is 7.54. The molecule has 2 aliphatic heterocycles. The van der Waals surface area contributed by atoms with Crippen LogP contribution in [0.5, 0.6) is 0 Å². The monoisotopic (exact) mass is 350 g/mol. The van der Waals surface area contributed by atoms with Crippen molar-refractivity contribution < 1.29 is 8.42 Å². The van der Waals surface area contributed by atoms with Crippen LogP contribution in [-0.4, -0.2) is 50.3 Å². The summed E-state index contributed by atoms with van der Waals surface area (Å²) in [7, 11) is -3.33. The number of hydrogen-bond donors (Lipinski definition) is 0. The van der Waals surface area contributed by atoms with Crippen molar-refractivity contribution in [2.75, 3.05) is 32.7 Å². The highest BCUT2D eigenvalue weighted by Crippen LogP contribution is 2.26. The maximum Gasteiger partial charge on any atom is 0.243 e. The zero-order valence-electron chi connectivity index (χ0n) is 14.9. The molecule has 0 aliphatic carbocycles. The van der Waals surface area contributed by atoms with Gasteiger partial charge in [-0.1, -0.05) is 19.1 Å². The third-order valence-corrected chi connectivity index (χ3v) is 7.35. The van der Waals surface area contributed by atoms with Gasteiger partial charge in [-0.15, -0.1) is 0 Å². The van der Waals surface area contributed by atoms with E-state index >= 15 is 0 Å². The SMILES string of the molecule is Cc1cccc(S(=O)(=O)N2CCC(CN3CCC[C@@H](C)C3)CC2)c1. The molecule has 5 heteroatoms. The molecular weight excluding hydrogens is 320 g/mol. The highest BCUT2D eigenvalue weighted by molar-refractivity contribution is 7.89. The highest BCUT2D eigenvalue weighted by Gasteiger charge is 2.30. The maximum absolute atomic E-state index is 12.8. The molecule has 1 aromatic carbocycles. The van der Waals surface area contributed by atoms with Crippen molar-refractivity contribution in [2.45, 2.75) is 44.4 Å². The number of piperidine rings is 2. The second-order valence-corrected chi connectivity index (χ2v) is 9.61. The normalized spacial score (nSPS) is 25.0. The molecule has 0 aromatic heterocycles. The molecule has 2 fully saturated rings. The van der Waals surface area contributed by atoms with Gasteiger partial charge in [0.05, 0.1) is 4.90 Å². The average Bonchev–Trinajstić information content (AvgIpc) is 2.55. The van der Waals surface area contributed by atoms with Crippen molar-refractivity contribution in [3.8, 4) is 0 Å². The van der Waals surface area contributed by atoms with Gasteiger partial charge >= 0.3 is 0 Å². The summed E-state index contributed by atoms with van der Waals surface area (Å²) >= 11 is 0. The number of sulfonamides is 1. The summed E-state index contributed by atoms with van der Waals surface area (Å²) in [6.07, 6.45) is 4.62. The van der Waals surface area contributed by atoms with Crippen molar-refractivity contribution >= 4 is 10.0 Å². The van der Waals surface area contributed by atoms with Gasteiger partial charge in [0.25, 0.3) is 0 Å². The molecule has 2 aliphatic rings. The molecular formula is C19H30N2O2S. The molecule has 0 radical (unpaired) electrons. The van der Waals surface area contributed by atoms with E-state index in [-0.39, 0.29) is 0 Å². The van der Waals surface area contributed by atoms with Crippen LogP contribution in [0.1, 0.15) is 38.2 Å². The van der Waals surface area contributed by atoms with Gasteiger partial charge in [0.15, 0.2) is 0 Å². The second-order valence-electron chi connectivity index (χ2n) is 7.67. The van der Waals surface area contributed by atoms with E-state index in [9.17, 15) is 8.42 Å². The molecule has 2 saturated heterocycles. The van der Waals surface area contributed by atoms with Gasteiger partial charge in [0, 0.05) is 26.2 Å². The number of benzene rings is 1. The molecule has 0 spiro atoms. The number of hydrogen-bond acceptors (Lipinski definition) is 3. The Morgan fingerprint density at radius 2 is 1.88 bits per heavy atom. The van der Waals surface area contributed by atoms with Gasteiger partial charge in [0.2, 0.25) is 10.0 Å². The summed E-state index contributed by atoms with van der Waals surface area (Å²) in [6, 6.07) is 7.25. The van der Waals surface area contributed by atoms with Gasteiger partial charge in [0.1, 0.15) is 0 Å². The molecule has 4 nitrogen and oxygen atoms in total. The Morgan fingerprint density at radius 3 is 2.54 bits per heavy atom. The Hall–Kier alpha value is -0.910. The predicted molar refractivity (Wildman–Crippen MR) is 97.5 cm³/mol. The molecule has 134 valence electrons. The van der Waals surface area contributed by atoms with Crippen LogP contribution in [0.25, 0.3) is 0 Å². The van der Waals surface area contributed by atoms with E-state index in [2.05, 4.69) is 11.8 Å². The van der Waals surface area contributed by atoms with Gasteiger partial charge in [-0.05, 0) is 68.7 Å². The van der Waals surface area contributed by atoms with E-state index in [0.29, 0.717) is 23.9 Å². The molecule has 1 atom stereocenters. The zero-order valence-corrected chi connectivity index (χ0v) is 15.8. The Morgan fingerprint density at radius 1 is 1.12 bits per heavy atom. The lowest BCUT2D eigenvalue weighted by Crippen LogP contribution is -2.43. The molecule has 0 amide bonds. The maximum atomic E-state index is 12.8. The van der Waals surface area contributed by atoms with E-state index in [1.807, 2.05) is 19.1 Å². The summed E-state index contributed by atoms with van der Waals surface area (Å²) in [4.78, 5) is 3.02. The predicted octanol–water partition coefficient (Wildman–Crippen LogP) is 3.13. The van der Waals surface area contributed by atoms with Crippen LogP contribution < -0.4 is 0 Å². The van der Waals surface area contributed by atoms with Crippen molar-refractivity contribution in [2.24, 2.45) is 11.8 Å². The van der Waals surface area contributed by atoms with Gasteiger partial charge in [-0.2, -0.15) is 4.31 Å². The molecule has 0 N–H and O–H groups in total. The minimum absolute atomic E-state index is 0.436. The molecule has 0 bridgehead atoms. The minimum Gasteiger partial charge on any atom is -0.303 e. The minimum atomic E-state index is -3.33. The molecule has 2 heterocycles. The van der Waals surface area contributed by atoms with Crippen LogP contribution in [0.15, 0.2) is 29.2 Å². The summed E-state index contributed by atoms with van der Waals surface area (Å²) in [5.74, 6) is 1.44. The molecule has 0 saturated carbocycles. The Labute approximate surface area is 146 Å². The summed E-state index contributed by atoms with van der Waals surface area (Å²) in [6.45, 7) is 9.15. The van der Waals surface area contributed by atoms with E-state index in [1.165, 1.54) is 25.9 Å². The van der Waals surface area contributed by atoms with Crippen LogP contribution in [0, 0.1) is 18.8 Å². The fourth-order valence-corrected chi connectivity index (χ4v) is 5.65. The number of nitrogens with zero attached hydrogens (tertiary/aromatic N) is 2. The third-order valence-electron chi connectivity index (χ3n) is 5.46. The highest BCUT2D eigenvalue weighted by atomic mass is 32.2. The Bertz CT molecular complexity index is 651. The van der Waals surface area contributed by atoms with Crippen molar-refractivity contribution in [3.05, 3.63) is 29.8 Å². The van der Waals surface area contributed by atoms with E-state index in [4.69, 9.17) is 0 Å². The van der Waals surface area contributed by atoms with E-state index in [1.54, 1.807) is 16.4 Å². The lowest BCUT2D eigenvalue weighted by molar-refractivity contribution is 0.136. The van der Waals surface area contributed by atoms with Crippen molar-refractivity contribution in [1.29, 1.82) is 0 Å². The zero-order chi connectivity index (χ0) is 17.2. The lowest BCUT2D eigenvalue weighted by atomic mass is 9.94. The first kappa shape index (κ1) is 17.9. The van der Waals surface area contributed by atoms with Crippen LogP contribution in [0.4, 0.5) is 0 Å². The number of aryl methyl sites for hydroxylation is 1. The molecule has 0 unspecified atom stereocenters. The topological polar surface area (TPSA) is 40.6 Å². The first-order valence-corrected chi connectivity index (χ1v) is 10.7. The fraction of sp³-hybridized carbons (Fsp3) is 0.684. The standard InChI is InChI=1S/C19H30N2O2S/c1-16-5-3-7-19(13-16)24(22,23)21-11-8-18(9-12-21)15-20-10-4-6-17(2)14-20/h3,5,7,13,17-18H,4,6,8-12,14-15H2,1-2H3/t17-/m1/s1. The number of rotatable bonds is 4. The number of likely N-dealkylation sites (tertiary alicyclic amines) is 1. The first-order valence-electron chi connectivity index (χ1n) is 9.24. The van der Waals surface area contributed by atoms with Crippen molar-refractivity contribution in [3.63, 3.8) is 0 Å². The van der Waals surface area contributed by atoms with Gasteiger partial charge in [-0.3, -0.25) is 0 Å². The smallest absolute Gasteiger partial charge is 0.243 e. The molecule has 1 aromatic rings. The van der Waals surface area contributed by atoms with Crippen LogP contribution in [0.2, 0.25) is 0 Å². The van der Waals surface area contributed by atoms with Gasteiger partial charge < -0.3 is 4.90 Å². The van der Waals surface area contributed by atoms with Crippen LogP contribution >= 0.6 is 0 Å².